The topological polar surface area (TPSA) is 52.6 Å². The molecule has 0 aromatic carbocycles. The Morgan fingerprint density at radius 3 is 1.50 bits per heavy atom. The molecule has 30 heavy (non-hydrogen) atoms. The standard InChI is InChI=1S/C26H50O4/c1-6-7-8-9-10-11-12-13-14-15-18-21-29-24(27)19-16-17-20-25(28)30-26(22(2)3)23(4)5/h22-23,26H,6-21H2,1-5H3. The molecule has 0 aromatic rings. The predicted octanol–water partition coefficient (Wildman–Crippen LogP) is 7.62. The average Bonchev–Trinajstić information content (AvgIpc) is 2.69. The van der Waals surface area contributed by atoms with Crippen molar-refractivity contribution < 1.29 is 19.1 Å². The Kier molecular flexibility index (Phi) is 19.2. The van der Waals surface area contributed by atoms with Gasteiger partial charge in [0.2, 0.25) is 0 Å². The molecular formula is C26H50O4. The summed E-state index contributed by atoms with van der Waals surface area (Å²) in [6.45, 7) is 11.1. The molecular weight excluding hydrogens is 376 g/mol. The van der Waals surface area contributed by atoms with E-state index in [9.17, 15) is 9.59 Å². The first kappa shape index (κ1) is 28.9. The number of hydrogen-bond donors (Lipinski definition) is 0. The van der Waals surface area contributed by atoms with E-state index in [1.807, 2.05) is 0 Å². The molecule has 0 saturated carbocycles. The maximum atomic E-state index is 12.0. The van der Waals surface area contributed by atoms with Gasteiger partial charge < -0.3 is 9.47 Å². The minimum absolute atomic E-state index is 0.0340. The van der Waals surface area contributed by atoms with Crippen LogP contribution >= 0.6 is 0 Å². The molecule has 0 bridgehead atoms. The second kappa shape index (κ2) is 19.9. The van der Waals surface area contributed by atoms with Crippen LogP contribution in [0.5, 0.6) is 0 Å². The van der Waals surface area contributed by atoms with E-state index >= 15 is 0 Å². The third kappa shape index (κ3) is 17.8. The summed E-state index contributed by atoms with van der Waals surface area (Å²) >= 11 is 0. The van der Waals surface area contributed by atoms with Gasteiger partial charge in [0.1, 0.15) is 6.10 Å². The summed E-state index contributed by atoms with van der Waals surface area (Å²) in [4.78, 5) is 23.8. The molecule has 4 heteroatoms. The molecule has 0 heterocycles. The second-order valence-electron chi connectivity index (χ2n) is 9.41. The lowest BCUT2D eigenvalue weighted by atomic mass is 9.96. The molecule has 0 N–H and O–H groups in total. The van der Waals surface area contributed by atoms with Gasteiger partial charge in [0.05, 0.1) is 6.61 Å². The van der Waals surface area contributed by atoms with Crippen molar-refractivity contribution in [1.29, 1.82) is 0 Å². The van der Waals surface area contributed by atoms with E-state index in [0.717, 1.165) is 12.8 Å². The molecule has 0 amide bonds. The fourth-order valence-corrected chi connectivity index (χ4v) is 3.82. The van der Waals surface area contributed by atoms with Crippen LogP contribution in [-0.4, -0.2) is 24.6 Å². The molecule has 178 valence electrons. The highest BCUT2D eigenvalue weighted by atomic mass is 16.5. The van der Waals surface area contributed by atoms with Crippen molar-refractivity contribution in [2.24, 2.45) is 11.8 Å². The SMILES string of the molecule is CCCCCCCCCCCCCOC(=O)CCCCC(=O)OC(C(C)C)C(C)C. The summed E-state index contributed by atoms with van der Waals surface area (Å²) in [5.74, 6) is 0.341. The second-order valence-corrected chi connectivity index (χ2v) is 9.41. The summed E-state index contributed by atoms with van der Waals surface area (Å²) in [7, 11) is 0. The van der Waals surface area contributed by atoms with Crippen molar-refractivity contribution in [3.63, 3.8) is 0 Å². The van der Waals surface area contributed by atoms with E-state index in [1.165, 1.54) is 57.8 Å². The molecule has 0 saturated heterocycles. The van der Waals surface area contributed by atoms with Crippen LogP contribution in [0, 0.1) is 11.8 Å². The fraction of sp³-hybridized carbons (Fsp3) is 0.923. The minimum Gasteiger partial charge on any atom is -0.466 e. The van der Waals surface area contributed by atoms with Crippen molar-refractivity contribution in [2.45, 2.75) is 137 Å². The Morgan fingerprint density at radius 2 is 1.03 bits per heavy atom. The van der Waals surface area contributed by atoms with Gasteiger partial charge in [0, 0.05) is 12.8 Å². The first-order chi connectivity index (χ1) is 14.4. The Bertz CT molecular complexity index is 409. The molecule has 0 unspecified atom stereocenters. The Labute approximate surface area is 186 Å². The lowest BCUT2D eigenvalue weighted by Gasteiger charge is -2.24. The van der Waals surface area contributed by atoms with E-state index in [2.05, 4.69) is 34.6 Å². The Hall–Kier alpha value is -1.06. The fourth-order valence-electron chi connectivity index (χ4n) is 3.82. The summed E-state index contributed by atoms with van der Waals surface area (Å²) in [5, 5.41) is 0. The molecule has 0 aliphatic heterocycles. The smallest absolute Gasteiger partial charge is 0.306 e. The molecule has 0 aromatic heterocycles. The molecule has 0 spiro atoms. The number of carbonyl (C=O) groups is 2. The largest absolute Gasteiger partial charge is 0.466 e. The summed E-state index contributed by atoms with van der Waals surface area (Å²) in [5.41, 5.74) is 0. The van der Waals surface area contributed by atoms with Crippen molar-refractivity contribution in [3.05, 3.63) is 0 Å². The number of rotatable bonds is 20. The van der Waals surface area contributed by atoms with Gasteiger partial charge in [-0.3, -0.25) is 9.59 Å². The summed E-state index contributed by atoms with van der Waals surface area (Å²) < 4.78 is 10.9. The Morgan fingerprint density at radius 1 is 0.600 bits per heavy atom. The van der Waals surface area contributed by atoms with E-state index in [1.54, 1.807) is 0 Å². The highest BCUT2D eigenvalue weighted by Crippen LogP contribution is 2.17. The average molecular weight is 427 g/mol. The van der Waals surface area contributed by atoms with Gasteiger partial charge >= 0.3 is 11.9 Å². The molecule has 0 radical (unpaired) electrons. The van der Waals surface area contributed by atoms with Crippen molar-refractivity contribution in [1.82, 2.24) is 0 Å². The van der Waals surface area contributed by atoms with Crippen LogP contribution < -0.4 is 0 Å². The molecule has 0 atom stereocenters. The van der Waals surface area contributed by atoms with E-state index < -0.39 is 0 Å². The van der Waals surface area contributed by atoms with Crippen LogP contribution in [0.25, 0.3) is 0 Å². The third-order valence-electron chi connectivity index (χ3n) is 5.60. The van der Waals surface area contributed by atoms with Gasteiger partial charge in [-0.2, -0.15) is 0 Å². The van der Waals surface area contributed by atoms with E-state index in [4.69, 9.17) is 9.47 Å². The quantitative estimate of drug-likeness (QED) is 0.148. The monoisotopic (exact) mass is 426 g/mol. The van der Waals surface area contributed by atoms with Gasteiger partial charge in [0.25, 0.3) is 0 Å². The van der Waals surface area contributed by atoms with Crippen LogP contribution in [0.15, 0.2) is 0 Å². The van der Waals surface area contributed by atoms with Gasteiger partial charge in [-0.1, -0.05) is 98.8 Å². The number of ether oxygens (including phenoxy) is 2. The first-order valence-electron chi connectivity index (χ1n) is 12.7. The lowest BCUT2D eigenvalue weighted by Crippen LogP contribution is -2.28. The predicted molar refractivity (Wildman–Crippen MR) is 125 cm³/mol. The van der Waals surface area contributed by atoms with Gasteiger partial charge in [0.15, 0.2) is 0 Å². The van der Waals surface area contributed by atoms with Crippen LogP contribution in [0.2, 0.25) is 0 Å². The summed E-state index contributed by atoms with van der Waals surface area (Å²) in [6, 6.07) is 0. The van der Waals surface area contributed by atoms with Crippen molar-refractivity contribution in [2.75, 3.05) is 6.61 Å². The van der Waals surface area contributed by atoms with Crippen molar-refractivity contribution >= 4 is 11.9 Å². The minimum atomic E-state index is -0.156. The molecule has 0 aliphatic rings. The highest BCUT2D eigenvalue weighted by molar-refractivity contribution is 5.70. The maximum absolute atomic E-state index is 12.0. The van der Waals surface area contributed by atoms with Crippen LogP contribution in [0.3, 0.4) is 0 Å². The van der Waals surface area contributed by atoms with Crippen LogP contribution in [0.1, 0.15) is 131 Å². The third-order valence-corrected chi connectivity index (χ3v) is 5.60. The number of esters is 2. The van der Waals surface area contributed by atoms with Crippen LogP contribution in [-0.2, 0) is 19.1 Å². The molecule has 0 aliphatic carbocycles. The normalized spacial score (nSPS) is 11.5. The van der Waals surface area contributed by atoms with Gasteiger partial charge in [-0.05, 0) is 31.1 Å². The first-order valence-corrected chi connectivity index (χ1v) is 12.7. The van der Waals surface area contributed by atoms with Crippen molar-refractivity contribution in [3.8, 4) is 0 Å². The number of carbonyl (C=O) groups excluding carboxylic acids is 2. The zero-order valence-corrected chi connectivity index (χ0v) is 20.7. The summed E-state index contributed by atoms with van der Waals surface area (Å²) in [6.07, 6.45) is 16.3. The van der Waals surface area contributed by atoms with E-state index in [0.29, 0.717) is 44.1 Å². The molecule has 0 rings (SSSR count). The highest BCUT2D eigenvalue weighted by Gasteiger charge is 2.21. The van der Waals surface area contributed by atoms with Gasteiger partial charge in [-0.25, -0.2) is 0 Å². The molecule has 0 fully saturated rings. The molecule has 4 nitrogen and oxygen atoms in total. The van der Waals surface area contributed by atoms with Crippen LogP contribution in [0.4, 0.5) is 0 Å². The Balaban J connectivity index is 3.49. The lowest BCUT2D eigenvalue weighted by molar-refractivity contribution is -0.154. The zero-order chi connectivity index (χ0) is 22.6. The zero-order valence-electron chi connectivity index (χ0n) is 20.7. The number of unbranched alkanes of at least 4 members (excludes halogenated alkanes) is 11. The number of hydrogen-bond acceptors (Lipinski definition) is 4. The van der Waals surface area contributed by atoms with Gasteiger partial charge in [-0.15, -0.1) is 0 Å². The van der Waals surface area contributed by atoms with E-state index in [-0.39, 0.29) is 18.0 Å². The maximum Gasteiger partial charge on any atom is 0.306 e.